The van der Waals surface area contributed by atoms with Crippen LogP contribution in [0.2, 0.25) is 19.6 Å². The Balaban J connectivity index is 1.93. The van der Waals surface area contributed by atoms with Crippen molar-refractivity contribution in [2.24, 2.45) is 0 Å². The Hall–Kier alpha value is -2.69. The van der Waals surface area contributed by atoms with E-state index in [2.05, 4.69) is 6.07 Å². The van der Waals surface area contributed by atoms with E-state index in [4.69, 9.17) is 18.3 Å². The Morgan fingerprint density at radius 2 is 1.40 bits per heavy atom. The van der Waals surface area contributed by atoms with Gasteiger partial charge in [-0.05, 0) is 42.9 Å². The molecular weight excluding hydrogens is 394 g/mol. The van der Waals surface area contributed by atoms with Crippen molar-refractivity contribution in [3.05, 3.63) is 95.9 Å². The van der Waals surface area contributed by atoms with Gasteiger partial charge in [0, 0.05) is 0 Å². The number of benzene rings is 2. The zero-order valence-corrected chi connectivity index (χ0v) is 18.6. The normalized spacial score (nSPS) is 13.7. The van der Waals surface area contributed by atoms with Gasteiger partial charge in [-0.1, -0.05) is 60.7 Å². The Kier molecular flexibility index (Phi) is 7.24. The predicted octanol–water partition coefficient (Wildman–Crippen LogP) is 5.61. The predicted molar refractivity (Wildman–Crippen MR) is 117 cm³/mol. The number of hydrogen-bond acceptors (Lipinski definition) is 5. The first-order valence-corrected chi connectivity index (χ1v) is 13.3. The van der Waals surface area contributed by atoms with Crippen LogP contribution < -0.4 is 0 Å². The number of nitriles is 1. The molecule has 0 saturated carbocycles. The van der Waals surface area contributed by atoms with E-state index in [-0.39, 0.29) is 13.2 Å². The average Bonchev–Trinajstić information content (AvgIpc) is 3.28. The second-order valence-corrected chi connectivity index (χ2v) is 12.4. The van der Waals surface area contributed by atoms with Crippen molar-refractivity contribution in [3.8, 4) is 6.07 Å². The standard InChI is InChI=1S/C24H27NO4Si/c1-30(2,3)29-24(19-25,22-15-10-16-26-22)23(27-17-20-11-6-4-7-12-20)28-18-21-13-8-5-9-14-21/h4-16,23H,17-18H2,1-3H3. The van der Waals surface area contributed by atoms with Gasteiger partial charge >= 0.3 is 0 Å². The van der Waals surface area contributed by atoms with Crippen molar-refractivity contribution in [1.82, 2.24) is 0 Å². The van der Waals surface area contributed by atoms with E-state index in [1.807, 2.05) is 80.3 Å². The number of hydrogen-bond donors (Lipinski definition) is 0. The monoisotopic (exact) mass is 421 g/mol. The topological polar surface area (TPSA) is 64.6 Å². The first-order valence-electron chi connectivity index (χ1n) is 9.89. The lowest BCUT2D eigenvalue weighted by Crippen LogP contribution is -2.49. The molecule has 156 valence electrons. The van der Waals surface area contributed by atoms with Gasteiger partial charge in [-0.25, -0.2) is 0 Å². The van der Waals surface area contributed by atoms with Crippen molar-refractivity contribution >= 4 is 8.32 Å². The van der Waals surface area contributed by atoms with Gasteiger partial charge in [-0.3, -0.25) is 0 Å². The third-order valence-electron chi connectivity index (χ3n) is 4.34. The van der Waals surface area contributed by atoms with Crippen LogP contribution in [0.15, 0.2) is 83.5 Å². The molecule has 0 amide bonds. The minimum Gasteiger partial charge on any atom is -0.465 e. The Morgan fingerprint density at radius 1 is 0.867 bits per heavy atom. The molecule has 0 fully saturated rings. The summed E-state index contributed by atoms with van der Waals surface area (Å²) in [5.41, 5.74) is 0.438. The van der Waals surface area contributed by atoms with Crippen LogP contribution in [-0.2, 0) is 32.7 Å². The highest BCUT2D eigenvalue weighted by Crippen LogP contribution is 2.36. The largest absolute Gasteiger partial charge is 0.465 e. The molecular formula is C24H27NO4Si. The van der Waals surface area contributed by atoms with Crippen LogP contribution in [0.25, 0.3) is 0 Å². The summed E-state index contributed by atoms with van der Waals surface area (Å²) in [7, 11) is -2.19. The summed E-state index contributed by atoms with van der Waals surface area (Å²) in [5, 5.41) is 10.3. The van der Waals surface area contributed by atoms with Crippen molar-refractivity contribution in [3.63, 3.8) is 0 Å². The molecule has 0 bridgehead atoms. The van der Waals surface area contributed by atoms with Crippen LogP contribution in [0.3, 0.4) is 0 Å². The van der Waals surface area contributed by atoms with Crippen LogP contribution in [-0.4, -0.2) is 14.6 Å². The molecule has 0 N–H and O–H groups in total. The zero-order chi connectivity index (χ0) is 21.5. The first kappa shape index (κ1) is 22.0. The highest BCUT2D eigenvalue weighted by atomic mass is 28.4. The third-order valence-corrected chi connectivity index (χ3v) is 5.28. The summed E-state index contributed by atoms with van der Waals surface area (Å²) in [6.45, 7) is 6.62. The number of ether oxygens (including phenoxy) is 2. The van der Waals surface area contributed by atoms with Crippen molar-refractivity contribution in [2.45, 2.75) is 44.7 Å². The van der Waals surface area contributed by atoms with Crippen LogP contribution in [0.1, 0.15) is 16.9 Å². The Morgan fingerprint density at radius 3 is 1.80 bits per heavy atom. The summed E-state index contributed by atoms with van der Waals surface area (Å²) >= 11 is 0. The van der Waals surface area contributed by atoms with Gasteiger partial charge in [0.1, 0.15) is 6.07 Å². The molecule has 0 radical (unpaired) electrons. The molecule has 3 aromatic rings. The molecule has 0 aliphatic rings. The van der Waals surface area contributed by atoms with E-state index in [1.54, 1.807) is 12.1 Å². The van der Waals surface area contributed by atoms with Crippen molar-refractivity contribution < 1.29 is 18.3 Å². The molecule has 1 unspecified atom stereocenters. The molecule has 1 atom stereocenters. The minimum atomic E-state index is -2.19. The minimum absolute atomic E-state index is 0.277. The number of nitrogens with zero attached hydrogens (tertiary/aromatic N) is 1. The molecule has 6 heteroatoms. The Bertz CT molecular complexity index is 889. The van der Waals surface area contributed by atoms with Gasteiger partial charge in [0.05, 0.1) is 19.5 Å². The molecule has 0 aliphatic heterocycles. The summed E-state index contributed by atoms with van der Waals surface area (Å²) in [5.74, 6) is 0.374. The van der Waals surface area contributed by atoms with E-state index in [9.17, 15) is 5.26 Å². The van der Waals surface area contributed by atoms with Crippen LogP contribution >= 0.6 is 0 Å². The molecule has 1 aromatic heterocycles. The van der Waals surface area contributed by atoms with Crippen LogP contribution in [0.4, 0.5) is 0 Å². The SMILES string of the molecule is C[Si](C)(C)OC(C#N)(c1ccco1)C(OCc1ccccc1)OCc1ccccc1. The van der Waals surface area contributed by atoms with Gasteiger partial charge in [0.15, 0.2) is 14.1 Å². The van der Waals surface area contributed by atoms with Gasteiger partial charge in [-0.2, -0.15) is 5.26 Å². The maximum Gasteiger partial charge on any atom is 0.254 e. The lowest BCUT2D eigenvalue weighted by Gasteiger charge is -2.37. The number of rotatable bonds is 10. The lowest BCUT2D eigenvalue weighted by molar-refractivity contribution is -0.232. The third kappa shape index (κ3) is 5.68. The zero-order valence-electron chi connectivity index (χ0n) is 17.6. The van der Waals surface area contributed by atoms with Crippen LogP contribution in [0, 0.1) is 11.3 Å². The van der Waals surface area contributed by atoms with Gasteiger partial charge < -0.3 is 18.3 Å². The van der Waals surface area contributed by atoms with E-state index in [0.29, 0.717) is 5.76 Å². The molecule has 2 aromatic carbocycles. The molecule has 0 saturated heterocycles. The maximum atomic E-state index is 10.3. The molecule has 5 nitrogen and oxygen atoms in total. The maximum absolute atomic E-state index is 10.3. The van der Waals surface area contributed by atoms with Gasteiger partial charge in [0.2, 0.25) is 6.29 Å². The van der Waals surface area contributed by atoms with Crippen LogP contribution in [0.5, 0.6) is 0 Å². The summed E-state index contributed by atoms with van der Waals surface area (Å²) in [6, 6.07) is 25.3. The Labute approximate surface area is 178 Å². The fourth-order valence-corrected chi connectivity index (χ4v) is 4.30. The fraction of sp³-hybridized carbons (Fsp3) is 0.292. The lowest BCUT2D eigenvalue weighted by atomic mass is 10.0. The summed E-state index contributed by atoms with van der Waals surface area (Å²) in [6.07, 6.45) is 0.543. The molecule has 3 rings (SSSR count). The second-order valence-electron chi connectivity index (χ2n) is 7.96. The smallest absolute Gasteiger partial charge is 0.254 e. The molecule has 0 aliphatic carbocycles. The first-order chi connectivity index (χ1) is 14.4. The summed E-state index contributed by atoms with van der Waals surface area (Å²) < 4.78 is 24.4. The highest BCUT2D eigenvalue weighted by Gasteiger charge is 2.50. The average molecular weight is 422 g/mol. The van der Waals surface area contributed by atoms with E-state index < -0.39 is 20.2 Å². The quantitative estimate of drug-likeness (QED) is 0.314. The van der Waals surface area contributed by atoms with Gasteiger partial charge in [-0.15, -0.1) is 0 Å². The molecule has 0 spiro atoms. The molecule has 30 heavy (non-hydrogen) atoms. The van der Waals surface area contributed by atoms with Crippen molar-refractivity contribution in [2.75, 3.05) is 0 Å². The number of furan rings is 1. The van der Waals surface area contributed by atoms with E-state index in [0.717, 1.165) is 11.1 Å². The fourth-order valence-electron chi connectivity index (χ4n) is 3.09. The van der Waals surface area contributed by atoms with E-state index in [1.165, 1.54) is 6.26 Å². The van der Waals surface area contributed by atoms with E-state index >= 15 is 0 Å². The highest BCUT2D eigenvalue weighted by molar-refractivity contribution is 6.69. The summed E-state index contributed by atoms with van der Waals surface area (Å²) in [4.78, 5) is 0. The van der Waals surface area contributed by atoms with Gasteiger partial charge in [0.25, 0.3) is 5.60 Å². The second kappa shape index (κ2) is 9.87. The molecule has 1 heterocycles. The van der Waals surface area contributed by atoms with Crippen molar-refractivity contribution in [1.29, 1.82) is 5.26 Å².